The maximum Gasteiger partial charge on any atom is 0.119 e. The summed E-state index contributed by atoms with van der Waals surface area (Å²) >= 11 is 0. The lowest BCUT2D eigenvalue weighted by molar-refractivity contribution is 0.126. The summed E-state index contributed by atoms with van der Waals surface area (Å²) in [4.78, 5) is 2.26. The van der Waals surface area contributed by atoms with Crippen LogP contribution in [0.25, 0.3) is 0 Å². The molecular formula is C13H25N3O. The van der Waals surface area contributed by atoms with E-state index in [9.17, 15) is 5.26 Å². The number of hydrogen-bond acceptors (Lipinski definition) is 4. The van der Waals surface area contributed by atoms with E-state index in [2.05, 4.69) is 24.8 Å². The van der Waals surface area contributed by atoms with Gasteiger partial charge in [-0.3, -0.25) is 4.90 Å². The third-order valence-corrected chi connectivity index (χ3v) is 3.23. The van der Waals surface area contributed by atoms with Gasteiger partial charge in [0, 0.05) is 26.7 Å². The van der Waals surface area contributed by atoms with E-state index in [0.29, 0.717) is 25.0 Å². The minimum atomic E-state index is -0.664. The second-order valence-corrected chi connectivity index (χ2v) is 5.55. The second-order valence-electron chi connectivity index (χ2n) is 5.55. The molecule has 1 fully saturated rings. The molecule has 2 N–H and O–H groups in total. The minimum Gasteiger partial charge on any atom is -0.383 e. The Morgan fingerprint density at radius 2 is 2.18 bits per heavy atom. The van der Waals surface area contributed by atoms with Crippen LogP contribution in [0.2, 0.25) is 0 Å². The Hall–Kier alpha value is -0.630. The normalized spacial score (nSPS) is 19.4. The van der Waals surface area contributed by atoms with Gasteiger partial charge in [0.1, 0.15) is 5.54 Å². The van der Waals surface area contributed by atoms with Gasteiger partial charge in [0.2, 0.25) is 0 Å². The van der Waals surface area contributed by atoms with Gasteiger partial charge in [0.25, 0.3) is 0 Å². The van der Waals surface area contributed by atoms with E-state index in [1.807, 2.05) is 0 Å². The Morgan fingerprint density at radius 1 is 1.53 bits per heavy atom. The van der Waals surface area contributed by atoms with Crippen LogP contribution in [0.3, 0.4) is 0 Å². The van der Waals surface area contributed by atoms with Crippen molar-refractivity contribution in [3.8, 4) is 6.07 Å². The van der Waals surface area contributed by atoms with Gasteiger partial charge in [0.15, 0.2) is 0 Å². The first-order valence-electron chi connectivity index (χ1n) is 6.43. The average Bonchev–Trinajstić information content (AvgIpc) is 3.09. The predicted octanol–water partition coefficient (Wildman–Crippen LogP) is 1.22. The van der Waals surface area contributed by atoms with Crippen molar-refractivity contribution in [2.45, 2.75) is 32.2 Å². The third-order valence-electron chi connectivity index (χ3n) is 3.23. The number of hydrogen-bond donors (Lipinski definition) is 1. The fourth-order valence-electron chi connectivity index (χ4n) is 2.20. The summed E-state index contributed by atoms with van der Waals surface area (Å²) in [5, 5.41) is 9.27. The zero-order chi connectivity index (χ0) is 12.9. The zero-order valence-corrected chi connectivity index (χ0v) is 11.3. The first kappa shape index (κ1) is 14.4. The van der Waals surface area contributed by atoms with E-state index >= 15 is 0 Å². The molecule has 0 aromatic rings. The number of nitrogens with two attached hydrogens (primary N) is 1. The molecule has 1 saturated carbocycles. The first-order chi connectivity index (χ1) is 8.01. The zero-order valence-electron chi connectivity index (χ0n) is 11.3. The number of methoxy groups -OCH3 is 1. The van der Waals surface area contributed by atoms with E-state index < -0.39 is 5.54 Å². The standard InChI is InChI=1S/C13H25N3O/c1-11(2)8-16(6-7-17-3)10-13(15,9-14)12-4-5-12/h11-12H,4-8,10,15H2,1-3H3. The number of rotatable bonds is 8. The van der Waals surface area contributed by atoms with Gasteiger partial charge in [-0.05, 0) is 24.7 Å². The highest BCUT2D eigenvalue weighted by atomic mass is 16.5. The van der Waals surface area contributed by atoms with E-state index in [-0.39, 0.29) is 0 Å². The Morgan fingerprint density at radius 3 is 2.59 bits per heavy atom. The SMILES string of the molecule is COCCN(CC(C)C)CC(N)(C#N)C1CC1. The molecule has 4 heteroatoms. The molecule has 0 aromatic carbocycles. The molecule has 17 heavy (non-hydrogen) atoms. The Bertz CT molecular complexity index is 270. The summed E-state index contributed by atoms with van der Waals surface area (Å²) in [6.07, 6.45) is 2.20. The van der Waals surface area contributed by atoms with Crippen molar-refractivity contribution in [3.63, 3.8) is 0 Å². The fraction of sp³-hybridized carbons (Fsp3) is 0.923. The van der Waals surface area contributed by atoms with Crippen molar-refractivity contribution in [1.29, 1.82) is 5.26 Å². The van der Waals surface area contributed by atoms with E-state index in [0.717, 1.165) is 25.9 Å². The fourth-order valence-corrected chi connectivity index (χ4v) is 2.20. The highest BCUT2D eigenvalue weighted by molar-refractivity contribution is 5.14. The predicted molar refractivity (Wildman–Crippen MR) is 68.4 cm³/mol. The molecule has 0 spiro atoms. The Kier molecular flexibility index (Phi) is 5.38. The van der Waals surface area contributed by atoms with Crippen LogP contribution in [-0.2, 0) is 4.74 Å². The highest BCUT2D eigenvalue weighted by Gasteiger charge is 2.43. The van der Waals surface area contributed by atoms with Gasteiger partial charge < -0.3 is 10.5 Å². The molecule has 0 bridgehead atoms. The summed E-state index contributed by atoms with van der Waals surface area (Å²) in [6, 6.07) is 2.32. The smallest absolute Gasteiger partial charge is 0.119 e. The lowest BCUT2D eigenvalue weighted by atomic mass is 9.95. The molecule has 1 aliphatic carbocycles. The van der Waals surface area contributed by atoms with Crippen LogP contribution in [0, 0.1) is 23.2 Å². The largest absolute Gasteiger partial charge is 0.383 e. The van der Waals surface area contributed by atoms with Crippen molar-refractivity contribution >= 4 is 0 Å². The molecule has 1 atom stereocenters. The third kappa shape index (κ3) is 4.63. The van der Waals surface area contributed by atoms with Crippen molar-refractivity contribution in [3.05, 3.63) is 0 Å². The maximum absolute atomic E-state index is 9.27. The summed E-state index contributed by atoms with van der Waals surface area (Å²) in [7, 11) is 1.70. The minimum absolute atomic E-state index is 0.393. The number of nitrogens with zero attached hydrogens (tertiary/aromatic N) is 2. The molecule has 0 aromatic heterocycles. The number of ether oxygens (including phenoxy) is 1. The highest BCUT2D eigenvalue weighted by Crippen LogP contribution is 2.38. The lowest BCUT2D eigenvalue weighted by Gasteiger charge is -2.31. The van der Waals surface area contributed by atoms with Crippen LogP contribution in [-0.4, -0.2) is 43.8 Å². The van der Waals surface area contributed by atoms with Gasteiger partial charge in [-0.2, -0.15) is 5.26 Å². The molecule has 1 rings (SSSR count). The van der Waals surface area contributed by atoms with Crippen molar-refractivity contribution in [2.24, 2.45) is 17.6 Å². The van der Waals surface area contributed by atoms with Crippen LogP contribution in [0.15, 0.2) is 0 Å². The average molecular weight is 239 g/mol. The molecule has 1 aliphatic rings. The number of nitriles is 1. The molecular weight excluding hydrogens is 214 g/mol. The lowest BCUT2D eigenvalue weighted by Crippen LogP contribution is -2.52. The molecule has 4 nitrogen and oxygen atoms in total. The molecule has 0 heterocycles. The first-order valence-corrected chi connectivity index (χ1v) is 6.43. The van der Waals surface area contributed by atoms with Gasteiger partial charge in [-0.25, -0.2) is 0 Å². The quantitative estimate of drug-likeness (QED) is 0.692. The molecule has 0 aliphatic heterocycles. The van der Waals surface area contributed by atoms with E-state index in [4.69, 9.17) is 10.5 Å². The topological polar surface area (TPSA) is 62.3 Å². The van der Waals surface area contributed by atoms with Crippen LogP contribution >= 0.6 is 0 Å². The van der Waals surface area contributed by atoms with Gasteiger partial charge in [-0.15, -0.1) is 0 Å². The summed E-state index contributed by atoms with van der Waals surface area (Å²) in [5.74, 6) is 0.971. The second kappa shape index (κ2) is 6.34. The van der Waals surface area contributed by atoms with Crippen molar-refractivity contribution < 1.29 is 4.74 Å². The van der Waals surface area contributed by atoms with Crippen molar-refractivity contribution in [1.82, 2.24) is 4.90 Å². The Balaban J connectivity index is 2.53. The van der Waals surface area contributed by atoms with Gasteiger partial charge >= 0.3 is 0 Å². The Labute approximate surface area is 105 Å². The van der Waals surface area contributed by atoms with E-state index in [1.165, 1.54) is 0 Å². The molecule has 0 amide bonds. The molecule has 98 valence electrons. The summed E-state index contributed by atoms with van der Waals surface area (Å²) in [6.45, 7) is 7.54. The molecule has 0 radical (unpaired) electrons. The van der Waals surface area contributed by atoms with Crippen LogP contribution in [0.1, 0.15) is 26.7 Å². The summed E-state index contributed by atoms with van der Waals surface area (Å²) < 4.78 is 5.11. The van der Waals surface area contributed by atoms with Crippen LogP contribution < -0.4 is 5.73 Å². The van der Waals surface area contributed by atoms with Crippen LogP contribution in [0.4, 0.5) is 0 Å². The van der Waals surface area contributed by atoms with Gasteiger partial charge in [-0.1, -0.05) is 13.8 Å². The summed E-state index contributed by atoms with van der Waals surface area (Å²) in [5.41, 5.74) is 5.54. The van der Waals surface area contributed by atoms with E-state index in [1.54, 1.807) is 7.11 Å². The van der Waals surface area contributed by atoms with Gasteiger partial charge in [0.05, 0.1) is 12.7 Å². The van der Waals surface area contributed by atoms with Crippen molar-refractivity contribution in [2.75, 3.05) is 33.4 Å². The molecule has 0 saturated heterocycles. The monoisotopic (exact) mass is 239 g/mol. The maximum atomic E-state index is 9.27. The van der Waals surface area contributed by atoms with Crippen LogP contribution in [0.5, 0.6) is 0 Å². The molecule has 1 unspecified atom stereocenters.